The maximum absolute atomic E-state index is 6.05. The minimum absolute atomic E-state index is 0.0153. The van der Waals surface area contributed by atoms with Crippen molar-refractivity contribution in [2.24, 2.45) is 4.99 Å². The molecule has 0 aromatic carbocycles. The molecule has 3 rings (SSSR count). The molecule has 2 aliphatic heterocycles. The number of hydrogen-bond acceptors (Lipinski definition) is 7. The predicted octanol–water partition coefficient (Wildman–Crippen LogP) is 2.58. The SMILES string of the molecule is CCCCOc1nc(N)c2c(n1)C(C1CCCCO1)C(OC)=N2. The Labute approximate surface area is 136 Å². The fraction of sp³-hybridized carbons (Fsp3) is 0.688. The van der Waals surface area contributed by atoms with E-state index in [2.05, 4.69) is 21.9 Å². The van der Waals surface area contributed by atoms with Gasteiger partial charge in [0.25, 0.3) is 0 Å². The number of hydrogen-bond donors (Lipinski definition) is 1. The van der Waals surface area contributed by atoms with Gasteiger partial charge >= 0.3 is 6.01 Å². The Morgan fingerprint density at radius 3 is 2.87 bits per heavy atom. The third-order valence-corrected chi connectivity index (χ3v) is 4.22. The summed E-state index contributed by atoms with van der Waals surface area (Å²) in [6.07, 6.45) is 5.20. The number of ether oxygens (including phenoxy) is 3. The first-order valence-electron chi connectivity index (χ1n) is 8.29. The summed E-state index contributed by atoms with van der Waals surface area (Å²) in [5.41, 5.74) is 7.40. The van der Waals surface area contributed by atoms with Crippen molar-refractivity contribution in [3.63, 3.8) is 0 Å². The van der Waals surface area contributed by atoms with Crippen molar-refractivity contribution < 1.29 is 14.2 Å². The molecule has 2 atom stereocenters. The molecule has 2 unspecified atom stereocenters. The summed E-state index contributed by atoms with van der Waals surface area (Å²) in [5.74, 6) is 0.794. The molecule has 126 valence electrons. The zero-order valence-electron chi connectivity index (χ0n) is 13.7. The lowest BCUT2D eigenvalue weighted by Crippen LogP contribution is -2.31. The number of unbranched alkanes of at least 4 members (excludes halogenated alkanes) is 1. The van der Waals surface area contributed by atoms with Gasteiger partial charge in [-0.05, 0) is 25.7 Å². The number of methoxy groups -OCH3 is 1. The molecule has 23 heavy (non-hydrogen) atoms. The van der Waals surface area contributed by atoms with Crippen LogP contribution in [0.1, 0.15) is 50.6 Å². The highest BCUT2D eigenvalue weighted by Gasteiger charge is 2.40. The average Bonchev–Trinajstić information content (AvgIpc) is 2.95. The van der Waals surface area contributed by atoms with Crippen molar-refractivity contribution in [2.45, 2.75) is 51.0 Å². The van der Waals surface area contributed by atoms with E-state index in [9.17, 15) is 0 Å². The largest absolute Gasteiger partial charge is 0.483 e. The molecule has 7 heteroatoms. The molecule has 1 aromatic heterocycles. The van der Waals surface area contributed by atoms with Crippen LogP contribution < -0.4 is 10.5 Å². The highest BCUT2D eigenvalue weighted by atomic mass is 16.5. The van der Waals surface area contributed by atoms with Crippen molar-refractivity contribution >= 4 is 17.4 Å². The number of anilines is 1. The fourth-order valence-electron chi connectivity index (χ4n) is 3.00. The van der Waals surface area contributed by atoms with Crippen LogP contribution in [-0.4, -0.2) is 42.3 Å². The molecular weight excluding hydrogens is 296 g/mol. The van der Waals surface area contributed by atoms with Crippen molar-refractivity contribution in [2.75, 3.05) is 26.1 Å². The van der Waals surface area contributed by atoms with Gasteiger partial charge in [-0.1, -0.05) is 13.3 Å². The van der Waals surface area contributed by atoms with Gasteiger partial charge in [0.05, 0.1) is 25.5 Å². The van der Waals surface area contributed by atoms with Crippen LogP contribution in [0.2, 0.25) is 0 Å². The molecular formula is C16H24N4O3. The molecule has 1 fully saturated rings. The zero-order valence-corrected chi connectivity index (χ0v) is 13.7. The van der Waals surface area contributed by atoms with Gasteiger partial charge in [0.2, 0.25) is 0 Å². The normalized spacial score (nSPS) is 23.3. The second kappa shape index (κ2) is 7.12. The minimum Gasteiger partial charge on any atom is -0.483 e. The van der Waals surface area contributed by atoms with E-state index in [4.69, 9.17) is 19.9 Å². The first kappa shape index (κ1) is 16.0. The van der Waals surface area contributed by atoms with Gasteiger partial charge in [-0.25, -0.2) is 4.99 Å². The van der Waals surface area contributed by atoms with Gasteiger partial charge < -0.3 is 19.9 Å². The Kier molecular flexibility index (Phi) is 4.95. The summed E-state index contributed by atoms with van der Waals surface area (Å²) >= 11 is 0. The number of nitrogen functional groups attached to an aromatic ring is 1. The van der Waals surface area contributed by atoms with Crippen LogP contribution in [0.15, 0.2) is 4.99 Å². The Hall–Kier alpha value is -1.89. The molecule has 0 bridgehead atoms. The second-order valence-corrected chi connectivity index (χ2v) is 5.86. The summed E-state index contributed by atoms with van der Waals surface area (Å²) in [4.78, 5) is 13.2. The first-order valence-corrected chi connectivity index (χ1v) is 8.29. The van der Waals surface area contributed by atoms with Crippen LogP contribution in [0, 0.1) is 0 Å². The molecule has 3 heterocycles. The molecule has 2 aliphatic rings. The van der Waals surface area contributed by atoms with Crippen LogP contribution in [0.4, 0.5) is 11.5 Å². The first-order chi connectivity index (χ1) is 11.2. The maximum Gasteiger partial charge on any atom is 0.318 e. The molecule has 0 amide bonds. The van der Waals surface area contributed by atoms with E-state index in [1.165, 1.54) is 0 Å². The fourth-order valence-corrected chi connectivity index (χ4v) is 3.00. The number of nitrogens with two attached hydrogens (primary N) is 1. The molecule has 7 nitrogen and oxygen atoms in total. The number of aliphatic imine (C=N–C) groups is 1. The van der Waals surface area contributed by atoms with E-state index < -0.39 is 0 Å². The Bertz CT molecular complexity index is 585. The molecule has 0 saturated carbocycles. The summed E-state index contributed by atoms with van der Waals surface area (Å²) < 4.78 is 17.0. The Balaban J connectivity index is 1.89. The lowest BCUT2D eigenvalue weighted by atomic mass is 9.93. The van der Waals surface area contributed by atoms with E-state index in [0.29, 0.717) is 30.0 Å². The zero-order chi connectivity index (χ0) is 16.2. The van der Waals surface area contributed by atoms with E-state index >= 15 is 0 Å². The second-order valence-electron chi connectivity index (χ2n) is 5.86. The maximum atomic E-state index is 6.05. The molecule has 2 N–H and O–H groups in total. The third kappa shape index (κ3) is 3.24. The van der Waals surface area contributed by atoms with Crippen LogP contribution in [0.3, 0.4) is 0 Å². The van der Waals surface area contributed by atoms with E-state index in [0.717, 1.165) is 44.4 Å². The summed E-state index contributed by atoms with van der Waals surface area (Å²) in [7, 11) is 1.61. The van der Waals surface area contributed by atoms with E-state index in [1.54, 1.807) is 7.11 Å². The van der Waals surface area contributed by atoms with Crippen LogP contribution >= 0.6 is 0 Å². The standard InChI is InChI=1S/C16H24N4O3/c1-3-4-8-23-16-19-12-11(10-7-5-6-9-22-10)15(21-2)18-13(12)14(17)20-16/h10-11H,3-9H2,1-2H3,(H2,17,19,20). The lowest BCUT2D eigenvalue weighted by molar-refractivity contribution is 0.00783. The van der Waals surface area contributed by atoms with Gasteiger partial charge in [0.15, 0.2) is 11.7 Å². The van der Waals surface area contributed by atoms with Crippen molar-refractivity contribution in [1.82, 2.24) is 9.97 Å². The molecule has 1 aromatic rings. The quantitative estimate of drug-likeness (QED) is 0.838. The number of rotatable bonds is 5. The summed E-state index contributed by atoms with van der Waals surface area (Å²) in [6.45, 7) is 3.45. The van der Waals surface area contributed by atoms with Crippen LogP contribution in [-0.2, 0) is 9.47 Å². The molecule has 0 aliphatic carbocycles. The third-order valence-electron chi connectivity index (χ3n) is 4.22. The Morgan fingerprint density at radius 2 is 2.17 bits per heavy atom. The average molecular weight is 320 g/mol. The number of nitrogens with zero attached hydrogens (tertiary/aromatic N) is 3. The molecule has 0 radical (unpaired) electrons. The van der Waals surface area contributed by atoms with Gasteiger partial charge in [-0.2, -0.15) is 9.97 Å². The lowest BCUT2D eigenvalue weighted by Gasteiger charge is -2.28. The van der Waals surface area contributed by atoms with Gasteiger partial charge in [-0.15, -0.1) is 0 Å². The van der Waals surface area contributed by atoms with Crippen molar-refractivity contribution in [3.05, 3.63) is 5.69 Å². The minimum atomic E-state index is -0.130. The smallest absolute Gasteiger partial charge is 0.318 e. The number of fused-ring (bicyclic) bond motifs is 1. The Morgan fingerprint density at radius 1 is 1.30 bits per heavy atom. The predicted molar refractivity (Wildman–Crippen MR) is 87.3 cm³/mol. The van der Waals surface area contributed by atoms with Gasteiger partial charge in [0, 0.05) is 6.61 Å². The highest BCUT2D eigenvalue weighted by Crippen LogP contribution is 2.42. The monoisotopic (exact) mass is 320 g/mol. The summed E-state index contributed by atoms with van der Waals surface area (Å²) in [6, 6.07) is 0.308. The van der Waals surface area contributed by atoms with Crippen molar-refractivity contribution in [1.29, 1.82) is 0 Å². The van der Waals surface area contributed by atoms with Gasteiger partial charge in [-0.3, -0.25) is 0 Å². The van der Waals surface area contributed by atoms with E-state index in [1.807, 2.05) is 0 Å². The van der Waals surface area contributed by atoms with Crippen LogP contribution in [0.5, 0.6) is 6.01 Å². The van der Waals surface area contributed by atoms with Crippen molar-refractivity contribution in [3.8, 4) is 6.01 Å². The van der Waals surface area contributed by atoms with Gasteiger partial charge in [0.1, 0.15) is 11.6 Å². The molecule has 1 saturated heterocycles. The molecule has 0 spiro atoms. The van der Waals surface area contributed by atoms with Crippen LogP contribution in [0.25, 0.3) is 0 Å². The highest BCUT2D eigenvalue weighted by molar-refractivity contribution is 5.94. The number of aromatic nitrogens is 2. The topological polar surface area (TPSA) is 91.9 Å². The summed E-state index contributed by atoms with van der Waals surface area (Å²) in [5, 5.41) is 0. The van der Waals surface area contributed by atoms with E-state index in [-0.39, 0.29) is 12.0 Å².